The van der Waals surface area contributed by atoms with Gasteiger partial charge in [-0.1, -0.05) is 18.0 Å². The Bertz CT molecular complexity index is 296. The van der Waals surface area contributed by atoms with Gasteiger partial charge in [0.05, 0.1) is 10.7 Å². The predicted octanol–water partition coefficient (Wildman–Crippen LogP) is 2.38. The largest absolute Gasteiger partial charge is 0.314 e. The van der Waals surface area contributed by atoms with Crippen LogP contribution < -0.4 is 5.32 Å². The monoisotopic (exact) mass is 227 g/mol. The van der Waals surface area contributed by atoms with E-state index in [1.54, 1.807) is 0 Å². The van der Waals surface area contributed by atoms with Crippen molar-refractivity contribution in [3.63, 3.8) is 0 Å². The first-order valence-corrected chi connectivity index (χ1v) is 6.06. The standard InChI is InChI=1S/C11H18ClN3/c1-9-11(12)8-15(14-9)7-5-10-4-2-3-6-13-10/h8,10,13H,2-7H2,1H3. The molecule has 3 nitrogen and oxygen atoms in total. The molecule has 1 aliphatic rings. The molecule has 1 N–H and O–H groups in total. The molecule has 4 heteroatoms. The summed E-state index contributed by atoms with van der Waals surface area (Å²) in [6.07, 6.45) is 7.05. The van der Waals surface area contributed by atoms with E-state index in [0.717, 1.165) is 23.7 Å². The first kappa shape index (κ1) is 11.0. The molecule has 1 fully saturated rings. The highest BCUT2D eigenvalue weighted by Gasteiger charge is 2.12. The van der Waals surface area contributed by atoms with Gasteiger partial charge in [0, 0.05) is 18.8 Å². The van der Waals surface area contributed by atoms with Gasteiger partial charge in [0.15, 0.2) is 0 Å². The Balaban J connectivity index is 1.81. The third kappa shape index (κ3) is 2.95. The Morgan fingerprint density at radius 1 is 1.60 bits per heavy atom. The van der Waals surface area contributed by atoms with E-state index < -0.39 is 0 Å². The number of nitrogens with zero attached hydrogens (tertiary/aromatic N) is 2. The van der Waals surface area contributed by atoms with Crippen LogP contribution in [0.5, 0.6) is 0 Å². The molecule has 0 spiro atoms. The molecule has 0 bridgehead atoms. The molecule has 1 aromatic heterocycles. The highest BCUT2D eigenvalue weighted by molar-refractivity contribution is 6.31. The lowest BCUT2D eigenvalue weighted by atomic mass is 10.0. The van der Waals surface area contributed by atoms with Crippen molar-refractivity contribution in [2.24, 2.45) is 0 Å². The molecule has 1 aliphatic heterocycles. The molecule has 2 heterocycles. The second-order valence-electron chi connectivity index (χ2n) is 4.26. The van der Waals surface area contributed by atoms with Crippen LogP contribution in [0.15, 0.2) is 6.20 Å². The molecule has 1 aromatic rings. The summed E-state index contributed by atoms with van der Waals surface area (Å²) in [6, 6.07) is 0.669. The van der Waals surface area contributed by atoms with Gasteiger partial charge in [0.25, 0.3) is 0 Å². The van der Waals surface area contributed by atoms with Crippen molar-refractivity contribution in [3.05, 3.63) is 16.9 Å². The number of halogens is 1. The Morgan fingerprint density at radius 2 is 2.47 bits per heavy atom. The number of hydrogen-bond donors (Lipinski definition) is 1. The Morgan fingerprint density at radius 3 is 3.07 bits per heavy atom. The molecule has 0 aliphatic carbocycles. The topological polar surface area (TPSA) is 29.9 Å². The maximum absolute atomic E-state index is 5.95. The van der Waals surface area contributed by atoms with Crippen molar-refractivity contribution < 1.29 is 0 Å². The van der Waals surface area contributed by atoms with Gasteiger partial charge in [-0.15, -0.1) is 0 Å². The summed E-state index contributed by atoms with van der Waals surface area (Å²) in [5.74, 6) is 0. The van der Waals surface area contributed by atoms with E-state index in [1.807, 2.05) is 17.8 Å². The van der Waals surface area contributed by atoms with Crippen LogP contribution in [0, 0.1) is 6.92 Å². The molecule has 15 heavy (non-hydrogen) atoms. The van der Waals surface area contributed by atoms with Crippen LogP contribution in [-0.2, 0) is 6.54 Å². The Kier molecular flexibility index (Phi) is 3.65. The lowest BCUT2D eigenvalue weighted by Crippen LogP contribution is -2.34. The number of aryl methyl sites for hydroxylation is 2. The maximum Gasteiger partial charge on any atom is 0.0814 e. The van der Waals surface area contributed by atoms with E-state index >= 15 is 0 Å². The Labute approximate surface area is 95.8 Å². The van der Waals surface area contributed by atoms with Crippen LogP contribution in [0.1, 0.15) is 31.4 Å². The van der Waals surface area contributed by atoms with Gasteiger partial charge >= 0.3 is 0 Å². The third-order valence-corrected chi connectivity index (χ3v) is 3.38. The fourth-order valence-corrected chi connectivity index (χ4v) is 2.22. The van der Waals surface area contributed by atoms with E-state index in [-0.39, 0.29) is 0 Å². The van der Waals surface area contributed by atoms with E-state index in [2.05, 4.69) is 10.4 Å². The highest BCUT2D eigenvalue weighted by atomic mass is 35.5. The molecular weight excluding hydrogens is 210 g/mol. The number of aromatic nitrogens is 2. The van der Waals surface area contributed by atoms with Gasteiger partial charge in [-0.05, 0) is 32.7 Å². The maximum atomic E-state index is 5.95. The zero-order valence-corrected chi connectivity index (χ0v) is 9.93. The van der Waals surface area contributed by atoms with Gasteiger partial charge in [-0.25, -0.2) is 0 Å². The van der Waals surface area contributed by atoms with Crippen molar-refractivity contribution in [1.82, 2.24) is 15.1 Å². The fraction of sp³-hybridized carbons (Fsp3) is 0.727. The van der Waals surface area contributed by atoms with Crippen molar-refractivity contribution in [3.8, 4) is 0 Å². The van der Waals surface area contributed by atoms with Gasteiger partial charge in [0.1, 0.15) is 0 Å². The number of hydrogen-bond acceptors (Lipinski definition) is 2. The summed E-state index contributed by atoms with van der Waals surface area (Å²) in [5, 5.41) is 8.66. The van der Waals surface area contributed by atoms with E-state index in [4.69, 9.17) is 11.6 Å². The lowest BCUT2D eigenvalue weighted by Gasteiger charge is -2.23. The summed E-state index contributed by atoms with van der Waals surface area (Å²) in [5.41, 5.74) is 0.924. The number of nitrogens with one attached hydrogen (secondary N) is 1. The van der Waals surface area contributed by atoms with Crippen LogP contribution in [0.3, 0.4) is 0 Å². The van der Waals surface area contributed by atoms with Crippen molar-refractivity contribution in [2.75, 3.05) is 6.54 Å². The van der Waals surface area contributed by atoms with E-state index in [9.17, 15) is 0 Å². The molecule has 0 amide bonds. The van der Waals surface area contributed by atoms with Crippen LogP contribution in [0.2, 0.25) is 5.02 Å². The second kappa shape index (κ2) is 4.99. The fourth-order valence-electron chi connectivity index (χ4n) is 2.07. The number of rotatable bonds is 3. The summed E-state index contributed by atoms with van der Waals surface area (Å²) >= 11 is 5.95. The van der Waals surface area contributed by atoms with Crippen LogP contribution in [0.4, 0.5) is 0 Å². The minimum atomic E-state index is 0.669. The average Bonchev–Trinajstić information content (AvgIpc) is 2.57. The summed E-state index contributed by atoms with van der Waals surface area (Å²) in [7, 11) is 0. The average molecular weight is 228 g/mol. The van der Waals surface area contributed by atoms with Crippen molar-refractivity contribution >= 4 is 11.6 Å². The zero-order valence-electron chi connectivity index (χ0n) is 9.17. The first-order valence-electron chi connectivity index (χ1n) is 5.68. The molecular formula is C11H18ClN3. The quantitative estimate of drug-likeness (QED) is 0.860. The van der Waals surface area contributed by atoms with Crippen molar-refractivity contribution in [2.45, 2.75) is 45.2 Å². The Hall–Kier alpha value is -0.540. The summed E-state index contributed by atoms with van der Waals surface area (Å²) in [6.45, 7) is 4.08. The zero-order chi connectivity index (χ0) is 10.7. The smallest absolute Gasteiger partial charge is 0.0814 e. The van der Waals surface area contributed by atoms with Crippen LogP contribution in [0.25, 0.3) is 0 Å². The molecule has 1 saturated heterocycles. The van der Waals surface area contributed by atoms with Crippen LogP contribution in [-0.4, -0.2) is 22.4 Å². The molecule has 0 radical (unpaired) electrons. The third-order valence-electron chi connectivity index (χ3n) is 3.01. The minimum Gasteiger partial charge on any atom is -0.314 e. The molecule has 84 valence electrons. The normalized spacial score (nSPS) is 21.9. The molecule has 2 rings (SSSR count). The SMILES string of the molecule is Cc1nn(CCC2CCCCN2)cc1Cl. The molecule has 0 saturated carbocycles. The first-order chi connectivity index (χ1) is 7.25. The lowest BCUT2D eigenvalue weighted by molar-refractivity contribution is 0.360. The van der Waals surface area contributed by atoms with Crippen LogP contribution >= 0.6 is 11.6 Å². The predicted molar refractivity (Wildman–Crippen MR) is 62.2 cm³/mol. The van der Waals surface area contributed by atoms with Gasteiger partial charge in [-0.2, -0.15) is 5.10 Å². The van der Waals surface area contributed by atoms with Gasteiger partial charge in [-0.3, -0.25) is 4.68 Å². The molecule has 1 atom stereocenters. The molecule has 1 unspecified atom stereocenters. The minimum absolute atomic E-state index is 0.669. The van der Waals surface area contributed by atoms with Gasteiger partial charge < -0.3 is 5.32 Å². The molecule has 0 aromatic carbocycles. The summed E-state index contributed by atoms with van der Waals surface area (Å²) in [4.78, 5) is 0. The summed E-state index contributed by atoms with van der Waals surface area (Å²) < 4.78 is 1.95. The van der Waals surface area contributed by atoms with E-state index in [1.165, 1.54) is 25.8 Å². The van der Waals surface area contributed by atoms with Crippen molar-refractivity contribution in [1.29, 1.82) is 0 Å². The van der Waals surface area contributed by atoms with Gasteiger partial charge in [0.2, 0.25) is 0 Å². The van der Waals surface area contributed by atoms with E-state index in [0.29, 0.717) is 6.04 Å². The number of piperidine rings is 1. The second-order valence-corrected chi connectivity index (χ2v) is 4.67. The highest BCUT2D eigenvalue weighted by Crippen LogP contribution is 2.14.